The van der Waals surface area contributed by atoms with Gasteiger partial charge in [0.05, 0.1) is 17.6 Å². The van der Waals surface area contributed by atoms with Gasteiger partial charge in [0.15, 0.2) is 0 Å². The second-order valence-corrected chi connectivity index (χ2v) is 7.32. The molecule has 5 nitrogen and oxygen atoms in total. The molecule has 8 heteroatoms. The molecular weight excluding hydrogens is 449 g/mol. The van der Waals surface area contributed by atoms with Crippen LogP contribution in [0.1, 0.15) is 24.4 Å². The quantitative estimate of drug-likeness (QED) is 0.317. The van der Waals surface area contributed by atoms with E-state index in [0.29, 0.717) is 5.56 Å². The number of benzene rings is 3. The minimum absolute atomic E-state index is 0.0399. The molecule has 0 bridgehead atoms. The number of carbonyl (C=O) groups excluding carboxylic acids is 1. The third-order valence-electron chi connectivity index (χ3n) is 5.04. The summed E-state index contributed by atoms with van der Waals surface area (Å²) in [7, 11) is 0. The Kier molecular flexibility index (Phi) is 6.40. The van der Waals surface area contributed by atoms with E-state index in [1.54, 1.807) is 43.3 Å². The normalized spacial score (nSPS) is 12.4. The fourth-order valence-electron chi connectivity index (χ4n) is 3.55. The summed E-state index contributed by atoms with van der Waals surface area (Å²) in [6, 6.07) is 19.9. The van der Waals surface area contributed by atoms with Crippen LogP contribution in [0.2, 0.25) is 0 Å². The molecule has 1 unspecified atom stereocenters. The van der Waals surface area contributed by atoms with E-state index in [1.807, 2.05) is 0 Å². The summed E-state index contributed by atoms with van der Waals surface area (Å²) in [5, 5.41) is -0.0494. The smallest absolute Gasteiger partial charge is 0.450 e. The fraction of sp³-hybridized carbons (Fsp3) is 0.154. The topological polar surface area (TPSA) is 65.7 Å². The molecule has 0 fully saturated rings. The van der Waals surface area contributed by atoms with Crippen molar-refractivity contribution in [1.82, 2.24) is 0 Å². The molecule has 0 aliphatic heterocycles. The third kappa shape index (κ3) is 4.66. The van der Waals surface area contributed by atoms with Crippen LogP contribution in [0.15, 0.2) is 88.1 Å². The summed E-state index contributed by atoms with van der Waals surface area (Å²) < 4.78 is 57.6. The van der Waals surface area contributed by atoms with E-state index in [-0.39, 0.29) is 28.9 Å². The molecule has 0 aliphatic carbocycles. The van der Waals surface area contributed by atoms with Crippen LogP contribution in [0.5, 0.6) is 5.75 Å². The minimum Gasteiger partial charge on any atom is -0.474 e. The summed E-state index contributed by atoms with van der Waals surface area (Å²) in [5.74, 6) is -2.03. The number of alkyl halides is 3. The molecule has 0 N–H and O–H groups in total. The van der Waals surface area contributed by atoms with E-state index >= 15 is 0 Å². The van der Waals surface area contributed by atoms with Crippen molar-refractivity contribution in [2.24, 2.45) is 0 Å². The van der Waals surface area contributed by atoms with Crippen LogP contribution < -0.4 is 10.2 Å². The number of ether oxygens (including phenoxy) is 2. The molecule has 174 valence electrons. The highest BCUT2D eigenvalue weighted by atomic mass is 19.4. The second-order valence-electron chi connectivity index (χ2n) is 7.32. The van der Waals surface area contributed by atoms with E-state index in [9.17, 15) is 22.8 Å². The molecule has 1 atom stereocenters. The average Bonchev–Trinajstić information content (AvgIpc) is 2.83. The molecule has 0 saturated heterocycles. The highest BCUT2D eigenvalue weighted by molar-refractivity contribution is 5.84. The molecule has 0 aliphatic rings. The standard InChI is InChI=1S/C26H19F3O5/c1-2-32-25(31)23(17-11-7-4-8-12-17)33-18-13-14-19-20(15-18)34-24(26(27,28)29)21(22(19)30)16-9-5-3-6-10-16/h3-15,23H,2H2,1H3. The summed E-state index contributed by atoms with van der Waals surface area (Å²) >= 11 is 0. The first kappa shape index (κ1) is 23.1. The molecule has 0 radical (unpaired) electrons. The van der Waals surface area contributed by atoms with E-state index in [1.165, 1.54) is 36.4 Å². The Hall–Kier alpha value is -4.07. The number of halogens is 3. The zero-order chi connectivity index (χ0) is 24.3. The summed E-state index contributed by atoms with van der Waals surface area (Å²) in [6.45, 7) is 1.77. The van der Waals surface area contributed by atoms with Crippen LogP contribution in [0.25, 0.3) is 22.1 Å². The second kappa shape index (κ2) is 9.43. The van der Waals surface area contributed by atoms with Crippen molar-refractivity contribution in [2.45, 2.75) is 19.2 Å². The first-order valence-electron chi connectivity index (χ1n) is 10.4. The molecule has 0 amide bonds. The number of fused-ring (bicyclic) bond motifs is 1. The van der Waals surface area contributed by atoms with Gasteiger partial charge in [0, 0.05) is 11.6 Å². The highest BCUT2D eigenvalue weighted by Crippen LogP contribution is 2.38. The van der Waals surface area contributed by atoms with E-state index in [4.69, 9.17) is 13.9 Å². The molecule has 4 aromatic rings. The van der Waals surface area contributed by atoms with Crippen molar-refractivity contribution in [1.29, 1.82) is 0 Å². The number of carbonyl (C=O) groups is 1. The van der Waals surface area contributed by atoms with E-state index < -0.39 is 35.0 Å². The van der Waals surface area contributed by atoms with Gasteiger partial charge in [-0.25, -0.2) is 4.79 Å². The van der Waals surface area contributed by atoms with Crippen molar-refractivity contribution >= 4 is 16.9 Å². The van der Waals surface area contributed by atoms with Gasteiger partial charge in [-0.2, -0.15) is 13.2 Å². The van der Waals surface area contributed by atoms with Gasteiger partial charge in [-0.1, -0.05) is 60.7 Å². The summed E-state index contributed by atoms with van der Waals surface area (Å²) in [6.07, 6.45) is -6.07. The highest BCUT2D eigenvalue weighted by Gasteiger charge is 2.39. The van der Waals surface area contributed by atoms with Crippen LogP contribution >= 0.6 is 0 Å². The van der Waals surface area contributed by atoms with Gasteiger partial charge in [-0.15, -0.1) is 0 Å². The van der Waals surface area contributed by atoms with Gasteiger partial charge in [0.2, 0.25) is 17.3 Å². The average molecular weight is 468 g/mol. The Morgan fingerprint density at radius 3 is 2.24 bits per heavy atom. The lowest BCUT2D eigenvalue weighted by Gasteiger charge is -2.18. The lowest BCUT2D eigenvalue weighted by molar-refractivity contribution is -0.152. The monoisotopic (exact) mass is 468 g/mol. The molecular formula is C26H19F3O5. The Morgan fingerprint density at radius 2 is 1.62 bits per heavy atom. The largest absolute Gasteiger partial charge is 0.474 e. The number of hydrogen-bond donors (Lipinski definition) is 0. The maximum atomic E-state index is 13.8. The van der Waals surface area contributed by atoms with Crippen molar-refractivity contribution < 1.29 is 31.9 Å². The number of esters is 1. The predicted molar refractivity (Wildman–Crippen MR) is 119 cm³/mol. The number of hydrogen-bond acceptors (Lipinski definition) is 5. The van der Waals surface area contributed by atoms with Gasteiger partial charge in [-0.3, -0.25) is 4.79 Å². The number of rotatable bonds is 6. The molecule has 1 aromatic heterocycles. The van der Waals surface area contributed by atoms with Gasteiger partial charge < -0.3 is 13.9 Å². The van der Waals surface area contributed by atoms with E-state index in [2.05, 4.69) is 0 Å². The van der Waals surface area contributed by atoms with Crippen molar-refractivity contribution in [3.8, 4) is 16.9 Å². The zero-order valence-corrected chi connectivity index (χ0v) is 18.0. The molecule has 0 spiro atoms. The molecule has 34 heavy (non-hydrogen) atoms. The maximum Gasteiger partial charge on any atom is 0.450 e. The first-order valence-corrected chi connectivity index (χ1v) is 10.4. The lowest BCUT2D eigenvalue weighted by atomic mass is 10.0. The van der Waals surface area contributed by atoms with Crippen LogP contribution in [0.4, 0.5) is 13.2 Å². The van der Waals surface area contributed by atoms with Gasteiger partial charge in [0.25, 0.3) is 0 Å². The van der Waals surface area contributed by atoms with Crippen LogP contribution in [0, 0.1) is 0 Å². The Morgan fingerprint density at radius 1 is 0.971 bits per heavy atom. The Labute approximate surface area is 192 Å². The van der Waals surface area contributed by atoms with Gasteiger partial charge in [-0.05, 0) is 24.6 Å². The predicted octanol–water partition coefficient (Wildman–Crippen LogP) is 6.16. The first-order chi connectivity index (χ1) is 16.3. The van der Waals surface area contributed by atoms with Gasteiger partial charge >= 0.3 is 12.1 Å². The maximum absolute atomic E-state index is 13.8. The summed E-state index contributed by atoms with van der Waals surface area (Å²) in [5.41, 5.74) is -1.11. The lowest BCUT2D eigenvalue weighted by Crippen LogP contribution is -2.21. The molecule has 3 aromatic carbocycles. The summed E-state index contributed by atoms with van der Waals surface area (Å²) in [4.78, 5) is 25.6. The molecule has 0 saturated carbocycles. The van der Waals surface area contributed by atoms with Crippen molar-refractivity contribution in [3.63, 3.8) is 0 Å². The Bertz CT molecular complexity index is 1360. The van der Waals surface area contributed by atoms with Crippen molar-refractivity contribution in [3.05, 3.63) is 100 Å². The van der Waals surface area contributed by atoms with Crippen molar-refractivity contribution in [2.75, 3.05) is 6.61 Å². The molecule has 4 rings (SSSR count). The Balaban J connectivity index is 1.82. The zero-order valence-electron chi connectivity index (χ0n) is 18.0. The van der Waals surface area contributed by atoms with Gasteiger partial charge in [0.1, 0.15) is 11.3 Å². The van der Waals surface area contributed by atoms with Crippen LogP contribution in [-0.4, -0.2) is 12.6 Å². The van der Waals surface area contributed by atoms with Crippen LogP contribution in [0.3, 0.4) is 0 Å². The van der Waals surface area contributed by atoms with E-state index in [0.717, 1.165) is 6.07 Å². The SMILES string of the molecule is CCOC(=O)C(Oc1ccc2c(=O)c(-c3ccccc3)c(C(F)(F)F)oc2c1)c1ccccc1. The molecule has 1 heterocycles. The fourth-order valence-corrected chi connectivity index (χ4v) is 3.55. The third-order valence-corrected chi connectivity index (χ3v) is 5.04. The van der Waals surface area contributed by atoms with Crippen LogP contribution in [-0.2, 0) is 15.7 Å². The minimum atomic E-state index is -4.91.